The normalized spacial score (nSPS) is 25.2. The lowest BCUT2D eigenvalue weighted by Gasteiger charge is -2.41. The summed E-state index contributed by atoms with van der Waals surface area (Å²) in [5.74, 6) is -2.12. The van der Waals surface area contributed by atoms with Crippen LogP contribution in [-0.2, 0) is 14.4 Å². The van der Waals surface area contributed by atoms with Gasteiger partial charge in [0.05, 0.1) is 5.92 Å². The molecule has 0 spiro atoms. The van der Waals surface area contributed by atoms with Gasteiger partial charge in [-0.3, -0.25) is 14.4 Å². The molecule has 0 aromatic carbocycles. The number of ketones is 2. The number of hydrogen-bond acceptors (Lipinski definition) is 3. The first kappa shape index (κ1) is 5.58. The second-order valence-corrected chi connectivity index (χ2v) is 2.60. The Labute approximate surface area is 56.8 Å². The first-order valence-corrected chi connectivity index (χ1v) is 3.07. The summed E-state index contributed by atoms with van der Waals surface area (Å²) in [7, 11) is 0. The lowest BCUT2D eigenvalue weighted by Crippen LogP contribution is -2.63. The van der Waals surface area contributed by atoms with E-state index in [-0.39, 0.29) is 5.92 Å². The molecule has 10 heavy (non-hydrogen) atoms. The zero-order chi connectivity index (χ0) is 7.30. The molecule has 0 atom stereocenters. The topological polar surface area (TPSA) is 54.5 Å². The number of rotatable bonds is 0. The molecule has 0 N–H and O–H groups in total. The Kier molecular flexibility index (Phi) is 0.809. The number of carbonyl (C=O) groups is 3. The van der Waals surface area contributed by atoms with E-state index in [2.05, 4.69) is 0 Å². The molecule has 4 nitrogen and oxygen atoms in total. The molecule has 2 bridgehead atoms. The Hall–Kier alpha value is -1.19. The predicted octanol–water partition coefficient (Wildman–Crippen LogP) is -1.40. The van der Waals surface area contributed by atoms with Crippen LogP contribution in [0.25, 0.3) is 0 Å². The summed E-state index contributed by atoms with van der Waals surface area (Å²) in [6, 6.07) is 0. The van der Waals surface area contributed by atoms with E-state index in [1.807, 2.05) is 0 Å². The number of Topliss-reactive ketones (excluding diaryl/α,β-unsaturated/α-hetero) is 2. The third-order valence-electron chi connectivity index (χ3n) is 1.96. The van der Waals surface area contributed by atoms with E-state index in [9.17, 15) is 14.4 Å². The molecule has 52 valence electrons. The highest BCUT2D eigenvalue weighted by Gasteiger charge is 2.48. The van der Waals surface area contributed by atoms with Gasteiger partial charge in [0.25, 0.3) is 11.7 Å². The number of fused-ring (bicyclic) bond motifs is 2. The molecule has 3 rings (SSSR count). The molecule has 3 aliphatic rings. The van der Waals surface area contributed by atoms with Crippen LogP contribution in [0.4, 0.5) is 0 Å². The van der Waals surface area contributed by atoms with E-state index in [0.717, 1.165) is 0 Å². The Balaban J connectivity index is 2.35. The molecule has 0 aliphatic carbocycles. The van der Waals surface area contributed by atoms with Gasteiger partial charge in [-0.25, -0.2) is 0 Å². The van der Waals surface area contributed by atoms with Crippen molar-refractivity contribution < 1.29 is 14.4 Å². The Morgan fingerprint density at radius 1 is 1.20 bits per heavy atom. The van der Waals surface area contributed by atoms with Crippen molar-refractivity contribution in [3.8, 4) is 0 Å². The number of carbonyl (C=O) groups excluding carboxylic acids is 3. The summed E-state index contributed by atoms with van der Waals surface area (Å²) in [5.41, 5.74) is 0. The van der Waals surface area contributed by atoms with Crippen LogP contribution in [0.1, 0.15) is 0 Å². The SMILES string of the molecule is O=C1C(=O)C2CN(C2)C1=O. The van der Waals surface area contributed by atoms with E-state index in [1.165, 1.54) is 4.90 Å². The average molecular weight is 139 g/mol. The standard InChI is InChI=1S/C6H5NO3/c8-4-3-1-7(2-3)6(10)5(4)9/h3H,1-2H2. The summed E-state index contributed by atoms with van der Waals surface area (Å²) in [6.45, 7) is 0.923. The van der Waals surface area contributed by atoms with Crippen molar-refractivity contribution in [2.75, 3.05) is 13.1 Å². The first-order valence-electron chi connectivity index (χ1n) is 3.07. The highest BCUT2D eigenvalue weighted by molar-refractivity contribution is 6.65. The summed E-state index contributed by atoms with van der Waals surface area (Å²) in [4.78, 5) is 33.5. The van der Waals surface area contributed by atoms with Gasteiger partial charge in [-0.15, -0.1) is 0 Å². The molecular weight excluding hydrogens is 134 g/mol. The molecule has 3 aliphatic heterocycles. The van der Waals surface area contributed by atoms with Crippen LogP contribution in [0.5, 0.6) is 0 Å². The maximum Gasteiger partial charge on any atom is 0.298 e. The van der Waals surface area contributed by atoms with Gasteiger partial charge in [-0.2, -0.15) is 0 Å². The maximum absolute atomic E-state index is 10.8. The van der Waals surface area contributed by atoms with E-state index in [1.54, 1.807) is 0 Å². The number of hydrogen-bond donors (Lipinski definition) is 0. The highest BCUT2D eigenvalue weighted by atomic mass is 16.2. The summed E-state index contributed by atoms with van der Waals surface area (Å²) in [5, 5.41) is 0. The van der Waals surface area contributed by atoms with Crippen molar-refractivity contribution in [1.82, 2.24) is 4.90 Å². The number of piperidine rings is 2. The smallest absolute Gasteiger partial charge is 0.298 e. The third-order valence-corrected chi connectivity index (χ3v) is 1.96. The molecule has 0 saturated carbocycles. The Morgan fingerprint density at radius 3 is 2.20 bits per heavy atom. The van der Waals surface area contributed by atoms with Gasteiger partial charge in [0.2, 0.25) is 5.78 Å². The number of amides is 1. The molecule has 3 heterocycles. The van der Waals surface area contributed by atoms with Crippen molar-refractivity contribution >= 4 is 17.5 Å². The van der Waals surface area contributed by atoms with Gasteiger partial charge in [-0.1, -0.05) is 0 Å². The van der Waals surface area contributed by atoms with Crippen LogP contribution >= 0.6 is 0 Å². The molecule has 3 saturated heterocycles. The van der Waals surface area contributed by atoms with Gasteiger partial charge >= 0.3 is 0 Å². The molecule has 4 heteroatoms. The zero-order valence-electron chi connectivity index (χ0n) is 5.16. The summed E-state index contributed by atoms with van der Waals surface area (Å²) >= 11 is 0. The largest absolute Gasteiger partial charge is 0.334 e. The molecule has 3 fully saturated rings. The van der Waals surface area contributed by atoms with Gasteiger partial charge < -0.3 is 4.90 Å². The first-order chi connectivity index (χ1) is 4.70. The van der Waals surface area contributed by atoms with Crippen molar-refractivity contribution in [3.63, 3.8) is 0 Å². The van der Waals surface area contributed by atoms with Crippen LogP contribution in [0, 0.1) is 5.92 Å². The van der Waals surface area contributed by atoms with Crippen LogP contribution < -0.4 is 0 Å². The average Bonchev–Trinajstić information content (AvgIpc) is 1.78. The lowest BCUT2D eigenvalue weighted by atomic mass is 9.86. The molecular formula is C6H5NO3. The fraction of sp³-hybridized carbons (Fsp3) is 0.500. The molecule has 0 aromatic rings. The van der Waals surface area contributed by atoms with Gasteiger partial charge in [-0.05, 0) is 0 Å². The van der Waals surface area contributed by atoms with Crippen molar-refractivity contribution in [2.24, 2.45) is 5.92 Å². The van der Waals surface area contributed by atoms with Crippen LogP contribution in [0.15, 0.2) is 0 Å². The second-order valence-electron chi connectivity index (χ2n) is 2.60. The fourth-order valence-electron chi connectivity index (χ4n) is 1.24. The minimum absolute atomic E-state index is 0.176. The van der Waals surface area contributed by atoms with Gasteiger partial charge in [0, 0.05) is 13.1 Å². The minimum Gasteiger partial charge on any atom is -0.334 e. The molecule has 0 radical (unpaired) electrons. The zero-order valence-corrected chi connectivity index (χ0v) is 5.16. The van der Waals surface area contributed by atoms with Gasteiger partial charge in [0.1, 0.15) is 0 Å². The molecule has 0 unspecified atom stereocenters. The van der Waals surface area contributed by atoms with Crippen LogP contribution in [-0.4, -0.2) is 35.5 Å². The van der Waals surface area contributed by atoms with Crippen LogP contribution in [0.3, 0.4) is 0 Å². The highest BCUT2D eigenvalue weighted by Crippen LogP contribution is 2.22. The van der Waals surface area contributed by atoms with Crippen molar-refractivity contribution in [1.29, 1.82) is 0 Å². The maximum atomic E-state index is 10.8. The van der Waals surface area contributed by atoms with E-state index in [0.29, 0.717) is 13.1 Å². The number of nitrogens with zero attached hydrogens (tertiary/aromatic N) is 1. The van der Waals surface area contributed by atoms with E-state index >= 15 is 0 Å². The lowest BCUT2D eigenvalue weighted by molar-refractivity contribution is -0.163. The second kappa shape index (κ2) is 1.45. The Morgan fingerprint density at radius 2 is 1.80 bits per heavy atom. The Bertz CT molecular complexity index is 217. The molecule has 1 amide bonds. The molecule has 0 aromatic heterocycles. The van der Waals surface area contributed by atoms with Crippen molar-refractivity contribution in [2.45, 2.75) is 0 Å². The quantitative estimate of drug-likeness (QED) is 0.388. The predicted molar refractivity (Wildman–Crippen MR) is 30.1 cm³/mol. The monoisotopic (exact) mass is 139 g/mol. The van der Waals surface area contributed by atoms with Crippen LogP contribution in [0.2, 0.25) is 0 Å². The van der Waals surface area contributed by atoms with Crippen molar-refractivity contribution in [3.05, 3.63) is 0 Å². The fourth-order valence-corrected chi connectivity index (χ4v) is 1.24. The summed E-state index contributed by atoms with van der Waals surface area (Å²) < 4.78 is 0. The summed E-state index contributed by atoms with van der Waals surface area (Å²) in [6.07, 6.45) is 0. The van der Waals surface area contributed by atoms with E-state index < -0.39 is 17.5 Å². The van der Waals surface area contributed by atoms with E-state index in [4.69, 9.17) is 0 Å². The third kappa shape index (κ3) is 0.442. The van der Waals surface area contributed by atoms with Gasteiger partial charge in [0.15, 0.2) is 0 Å². The minimum atomic E-state index is -0.831.